The molecule has 2 amide bonds. The van der Waals surface area contributed by atoms with Crippen molar-refractivity contribution in [2.24, 2.45) is 11.5 Å². The number of aromatic amines is 1. The van der Waals surface area contributed by atoms with Crippen molar-refractivity contribution in [1.82, 2.24) is 20.6 Å². The lowest BCUT2D eigenvalue weighted by molar-refractivity contribution is -0.144. The number of rotatable bonds is 11. The molecule has 0 bridgehead atoms. The summed E-state index contributed by atoms with van der Waals surface area (Å²) in [4.78, 5) is 52.1. The van der Waals surface area contributed by atoms with Crippen LogP contribution in [0.25, 0.3) is 0 Å². The van der Waals surface area contributed by atoms with Crippen LogP contribution in [0.3, 0.4) is 0 Å². The molecule has 12 heteroatoms. The number of hydrogen-bond acceptors (Lipinski definition) is 7. The van der Waals surface area contributed by atoms with E-state index in [4.69, 9.17) is 11.5 Å². The van der Waals surface area contributed by atoms with Gasteiger partial charge in [0.25, 0.3) is 0 Å². The second-order valence-electron chi connectivity index (χ2n) is 5.73. The molecular weight excluding hydrogens is 348 g/mol. The number of aromatic nitrogens is 2. The van der Waals surface area contributed by atoms with Crippen molar-refractivity contribution in [2.45, 2.75) is 43.9 Å². The minimum absolute atomic E-state index is 0.0289. The Morgan fingerprint density at radius 2 is 1.92 bits per heavy atom. The molecule has 4 atom stereocenters. The molecule has 144 valence electrons. The van der Waals surface area contributed by atoms with Gasteiger partial charge in [0, 0.05) is 24.4 Å². The highest BCUT2D eigenvalue weighted by Crippen LogP contribution is 2.03. The first-order chi connectivity index (χ1) is 12.1. The number of imidazole rings is 1. The minimum Gasteiger partial charge on any atom is -0.480 e. The largest absolute Gasteiger partial charge is 0.480 e. The molecule has 0 radical (unpaired) electrons. The number of aliphatic carboxylic acids is 2. The van der Waals surface area contributed by atoms with Crippen molar-refractivity contribution in [1.29, 1.82) is 0 Å². The van der Waals surface area contributed by atoms with Gasteiger partial charge < -0.3 is 32.0 Å². The number of amides is 2. The Morgan fingerprint density at radius 1 is 1.27 bits per heavy atom. The lowest BCUT2D eigenvalue weighted by atomic mass is 10.1. The molecule has 0 aliphatic rings. The third-order valence-electron chi connectivity index (χ3n) is 3.56. The fourth-order valence-corrected chi connectivity index (χ4v) is 2.22. The van der Waals surface area contributed by atoms with Crippen molar-refractivity contribution in [2.75, 3.05) is 0 Å². The molecular formula is C14H22N6O6. The van der Waals surface area contributed by atoms with E-state index < -0.39 is 54.3 Å². The van der Waals surface area contributed by atoms with E-state index in [1.807, 2.05) is 0 Å². The summed E-state index contributed by atoms with van der Waals surface area (Å²) >= 11 is 0. The zero-order valence-electron chi connectivity index (χ0n) is 14.0. The quantitative estimate of drug-likeness (QED) is 0.213. The number of carbonyl (C=O) groups excluding carboxylic acids is 2. The van der Waals surface area contributed by atoms with Gasteiger partial charge in [-0.1, -0.05) is 0 Å². The highest BCUT2D eigenvalue weighted by atomic mass is 16.4. The predicted molar refractivity (Wildman–Crippen MR) is 87.7 cm³/mol. The molecule has 26 heavy (non-hydrogen) atoms. The molecule has 1 heterocycles. The first-order valence-electron chi connectivity index (χ1n) is 7.65. The second-order valence-corrected chi connectivity index (χ2v) is 5.73. The number of carboxylic acids is 2. The van der Waals surface area contributed by atoms with Gasteiger partial charge in [0.05, 0.1) is 18.8 Å². The van der Waals surface area contributed by atoms with Gasteiger partial charge in [-0.25, -0.2) is 9.78 Å². The molecule has 1 rings (SSSR count). The third-order valence-corrected chi connectivity index (χ3v) is 3.56. The maximum Gasteiger partial charge on any atom is 0.327 e. The van der Waals surface area contributed by atoms with Gasteiger partial charge in [-0.2, -0.15) is 0 Å². The summed E-state index contributed by atoms with van der Waals surface area (Å²) in [5.41, 5.74) is 11.0. The maximum atomic E-state index is 11.9. The molecule has 1 aromatic rings. The van der Waals surface area contributed by atoms with Crippen molar-refractivity contribution < 1.29 is 29.4 Å². The Labute approximate surface area is 148 Å². The van der Waals surface area contributed by atoms with Gasteiger partial charge in [0.1, 0.15) is 12.1 Å². The molecule has 9 N–H and O–H groups in total. The summed E-state index contributed by atoms with van der Waals surface area (Å²) in [5, 5.41) is 23.4. The Hall–Kier alpha value is -2.99. The number of carbonyl (C=O) groups is 4. The Balaban J connectivity index is 2.77. The van der Waals surface area contributed by atoms with Crippen LogP contribution in [0.1, 0.15) is 19.0 Å². The third kappa shape index (κ3) is 6.49. The van der Waals surface area contributed by atoms with E-state index in [2.05, 4.69) is 20.6 Å². The van der Waals surface area contributed by atoms with E-state index in [1.165, 1.54) is 19.4 Å². The Bertz CT molecular complexity index is 648. The van der Waals surface area contributed by atoms with Crippen LogP contribution in [0.15, 0.2) is 12.5 Å². The normalized spacial score (nSPS) is 15.5. The summed E-state index contributed by atoms with van der Waals surface area (Å²) in [7, 11) is 0. The number of nitrogens with two attached hydrogens (primary N) is 2. The van der Waals surface area contributed by atoms with Gasteiger partial charge in [0.15, 0.2) is 0 Å². The van der Waals surface area contributed by atoms with Crippen LogP contribution in [0.5, 0.6) is 0 Å². The van der Waals surface area contributed by atoms with Crippen LogP contribution in [0.2, 0.25) is 0 Å². The van der Waals surface area contributed by atoms with Crippen LogP contribution >= 0.6 is 0 Å². The molecule has 0 aromatic carbocycles. The number of H-pyrrole nitrogens is 1. The SMILES string of the molecule is C[C@@H](N[C@@H](Cc1cnc[nH]1)C(=O)O)[C@H](NC(=O)[C@@H](N)CC(N)=O)C(=O)O. The van der Waals surface area contributed by atoms with Crippen molar-refractivity contribution in [3.8, 4) is 0 Å². The highest BCUT2D eigenvalue weighted by Gasteiger charge is 2.32. The zero-order chi connectivity index (χ0) is 19.9. The predicted octanol–water partition coefficient (Wildman–Crippen LogP) is -2.84. The molecule has 0 saturated heterocycles. The fraction of sp³-hybridized carbons (Fsp3) is 0.500. The lowest BCUT2D eigenvalue weighted by Crippen LogP contribution is -2.59. The first kappa shape index (κ1) is 21.1. The molecule has 0 saturated carbocycles. The number of nitrogens with zero attached hydrogens (tertiary/aromatic N) is 1. The molecule has 0 spiro atoms. The van der Waals surface area contributed by atoms with E-state index in [-0.39, 0.29) is 6.42 Å². The Morgan fingerprint density at radius 3 is 2.38 bits per heavy atom. The summed E-state index contributed by atoms with van der Waals surface area (Å²) < 4.78 is 0. The molecule has 0 fully saturated rings. The highest BCUT2D eigenvalue weighted by molar-refractivity contribution is 5.90. The first-order valence-corrected chi connectivity index (χ1v) is 7.65. The standard InChI is InChI=1S/C14H22N6O6/c1-6(19-9(13(23)24)2-7-4-17-5-18-7)11(14(25)26)20-12(22)8(15)3-10(16)21/h4-6,8-9,11,19H,2-3,15H2,1H3,(H2,16,21)(H,17,18)(H,20,22)(H,23,24)(H,25,26)/t6-,8+,9+,11+/m1/s1. The van der Waals surface area contributed by atoms with Crippen LogP contribution < -0.4 is 22.1 Å². The van der Waals surface area contributed by atoms with E-state index in [0.29, 0.717) is 5.69 Å². The maximum absolute atomic E-state index is 11.9. The van der Waals surface area contributed by atoms with E-state index in [9.17, 15) is 29.4 Å². The molecule has 0 aliphatic carbocycles. The monoisotopic (exact) mass is 370 g/mol. The lowest BCUT2D eigenvalue weighted by Gasteiger charge is -2.26. The molecule has 12 nitrogen and oxygen atoms in total. The van der Waals surface area contributed by atoms with Gasteiger partial charge >= 0.3 is 11.9 Å². The average molecular weight is 370 g/mol. The van der Waals surface area contributed by atoms with E-state index in [0.717, 1.165) is 0 Å². The van der Waals surface area contributed by atoms with Crippen LogP contribution in [0, 0.1) is 0 Å². The van der Waals surface area contributed by atoms with Crippen LogP contribution in [-0.2, 0) is 25.6 Å². The van der Waals surface area contributed by atoms with Gasteiger partial charge in [-0.05, 0) is 6.92 Å². The number of hydrogen-bond donors (Lipinski definition) is 7. The molecule has 1 aromatic heterocycles. The van der Waals surface area contributed by atoms with Crippen LogP contribution in [0.4, 0.5) is 0 Å². The smallest absolute Gasteiger partial charge is 0.327 e. The number of carboxylic acid groups (broad SMARTS) is 2. The molecule has 0 unspecified atom stereocenters. The van der Waals surface area contributed by atoms with Gasteiger partial charge in [-0.15, -0.1) is 0 Å². The summed E-state index contributed by atoms with van der Waals surface area (Å²) in [6, 6.07) is -4.85. The van der Waals surface area contributed by atoms with E-state index >= 15 is 0 Å². The summed E-state index contributed by atoms with van der Waals surface area (Å²) in [6.07, 6.45) is 2.42. The van der Waals surface area contributed by atoms with Gasteiger partial charge in [0.2, 0.25) is 11.8 Å². The summed E-state index contributed by atoms with van der Waals surface area (Å²) in [6.45, 7) is 1.40. The Kier molecular flexibility index (Phi) is 7.68. The van der Waals surface area contributed by atoms with Crippen molar-refractivity contribution in [3.63, 3.8) is 0 Å². The molecule has 0 aliphatic heterocycles. The number of nitrogens with one attached hydrogen (secondary N) is 3. The zero-order valence-corrected chi connectivity index (χ0v) is 14.0. The van der Waals surface area contributed by atoms with E-state index in [1.54, 1.807) is 0 Å². The van der Waals surface area contributed by atoms with Crippen molar-refractivity contribution in [3.05, 3.63) is 18.2 Å². The topological polar surface area (TPSA) is 214 Å². The second kappa shape index (κ2) is 9.48. The average Bonchev–Trinajstić information content (AvgIpc) is 3.03. The minimum atomic E-state index is -1.47. The van der Waals surface area contributed by atoms with Crippen molar-refractivity contribution >= 4 is 23.8 Å². The summed E-state index contributed by atoms with van der Waals surface area (Å²) in [5.74, 6) is -4.29. The fourth-order valence-electron chi connectivity index (χ4n) is 2.22. The number of primary amides is 1. The van der Waals surface area contributed by atoms with Gasteiger partial charge in [-0.3, -0.25) is 19.7 Å². The van der Waals surface area contributed by atoms with Crippen LogP contribution in [-0.4, -0.2) is 68.1 Å².